The van der Waals surface area contributed by atoms with Crippen molar-refractivity contribution in [3.8, 4) is 17.3 Å². The van der Waals surface area contributed by atoms with E-state index in [1.54, 1.807) is 31.4 Å². The first-order valence-corrected chi connectivity index (χ1v) is 9.19. The first kappa shape index (κ1) is 20.2. The summed E-state index contributed by atoms with van der Waals surface area (Å²) in [7, 11) is 1.55. The summed E-state index contributed by atoms with van der Waals surface area (Å²) < 4.78 is 6.49. The fraction of sp³-hybridized carbons (Fsp3) is 0.0526. The highest BCUT2D eigenvalue weighted by Gasteiger charge is 2.12. The smallest absolute Gasteiger partial charge is 0.264 e. The summed E-state index contributed by atoms with van der Waals surface area (Å²) in [6, 6.07) is 16.1. The molecular formula is C19H17N5O3S2. The number of aromatic nitrogens is 2. The second kappa shape index (κ2) is 9.13. The van der Waals surface area contributed by atoms with Crippen molar-refractivity contribution in [3.05, 3.63) is 75.3 Å². The Morgan fingerprint density at radius 1 is 1.21 bits per heavy atom. The zero-order chi connectivity index (χ0) is 20.8. The number of benzene rings is 2. The molecule has 0 saturated carbocycles. The summed E-state index contributed by atoms with van der Waals surface area (Å²) in [5.41, 5.74) is 3.27. The molecule has 0 spiro atoms. The van der Waals surface area contributed by atoms with Gasteiger partial charge in [-0.05, 0) is 60.8 Å². The number of rotatable bonds is 5. The maximum atomic E-state index is 12.2. The van der Waals surface area contributed by atoms with E-state index >= 15 is 0 Å². The Morgan fingerprint density at radius 2 is 1.90 bits per heavy atom. The van der Waals surface area contributed by atoms with Gasteiger partial charge in [0, 0.05) is 5.69 Å². The van der Waals surface area contributed by atoms with Gasteiger partial charge in [-0.15, -0.1) is 0 Å². The molecule has 4 N–H and O–H groups in total. The molecule has 0 fully saturated rings. The average molecular weight is 428 g/mol. The largest absolute Gasteiger partial charge is 0.497 e. The van der Waals surface area contributed by atoms with E-state index in [1.165, 1.54) is 10.8 Å². The Kier molecular flexibility index (Phi) is 6.37. The molecule has 10 heteroatoms. The first-order valence-electron chi connectivity index (χ1n) is 8.37. The number of thiocarbonyl (C=S) groups is 1. The van der Waals surface area contributed by atoms with E-state index in [4.69, 9.17) is 29.2 Å². The Morgan fingerprint density at radius 3 is 2.55 bits per heavy atom. The minimum absolute atomic E-state index is 0.0454. The number of anilines is 1. The number of para-hydroxylation sites is 1. The van der Waals surface area contributed by atoms with E-state index in [0.717, 1.165) is 5.69 Å². The number of H-pyrrole nitrogens is 1. The van der Waals surface area contributed by atoms with Gasteiger partial charge in [-0.3, -0.25) is 19.8 Å². The molecule has 29 heavy (non-hydrogen) atoms. The summed E-state index contributed by atoms with van der Waals surface area (Å²) in [4.78, 5) is 14.7. The monoisotopic (exact) mass is 427 g/mol. The average Bonchev–Trinajstić information content (AvgIpc) is 2.71. The summed E-state index contributed by atoms with van der Waals surface area (Å²) in [6.45, 7) is 0. The molecule has 148 valence electrons. The van der Waals surface area contributed by atoms with Crippen LogP contribution in [0.1, 0.15) is 5.56 Å². The summed E-state index contributed by atoms with van der Waals surface area (Å²) in [5.74, 6) is 0.297. The minimum Gasteiger partial charge on any atom is -0.497 e. The van der Waals surface area contributed by atoms with Gasteiger partial charge >= 0.3 is 0 Å². The summed E-state index contributed by atoms with van der Waals surface area (Å²) in [6.07, 6.45) is 1.17. The van der Waals surface area contributed by atoms with Crippen LogP contribution in [0.15, 0.2) is 64.5 Å². The van der Waals surface area contributed by atoms with Crippen LogP contribution < -0.4 is 21.0 Å². The molecule has 3 aromatic rings. The fourth-order valence-electron chi connectivity index (χ4n) is 2.46. The van der Waals surface area contributed by atoms with Gasteiger partial charge in [0.1, 0.15) is 11.3 Å². The summed E-state index contributed by atoms with van der Waals surface area (Å²) in [5, 5.41) is 17.7. The molecule has 1 heterocycles. The van der Waals surface area contributed by atoms with Crippen molar-refractivity contribution >= 4 is 41.5 Å². The van der Waals surface area contributed by atoms with Gasteiger partial charge in [0.05, 0.1) is 19.0 Å². The van der Waals surface area contributed by atoms with Gasteiger partial charge < -0.3 is 15.2 Å². The zero-order valence-corrected chi connectivity index (χ0v) is 16.9. The molecule has 0 aliphatic carbocycles. The lowest BCUT2D eigenvalue weighted by molar-refractivity contribution is 0.414. The van der Waals surface area contributed by atoms with Crippen LogP contribution in [0.2, 0.25) is 0 Å². The lowest BCUT2D eigenvalue weighted by Gasteiger charge is -2.11. The van der Waals surface area contributed by atoms with E-state index in [0.29, 0.717) is 11.4 Å². The third-order valence-electron chi connectivity index (χ3n) is 3.84. The molecule has 2 aromatic carbocycles. The number of nitrogens with one attached hydrogen (secondary N) is 3. The van der Waals surface area contributed by atoms with Crippen molar-refractivity contribution in [2.75, 3.05) is 12.4 Å². The Bertz CT molecular complexity index is 1160. The Labute approximate surface area is 176 Å². The van der Waals surface area contributed by atoms with Crippen molar-refractivity contribution in [3.63, 3.8) is 0 Å². The quantitative estimate of drug-likeness (QED) is 0.282. The standard InChI is InChI=1S/C19H17N5O3S2/c1-27-14-9-7-13(8-10-14)24-17(26)15(16(25)22-19(24)29)11-20-23-18(28)21-12-5-3-2-4-6-12/h2-11,26H,1H3,(H2,21,23,28)(H,22,25,29)/b20-11+. The van der Waals surface area contributed by atoms with Crippen molar-refractivity contribution in [2.45, 2.75) is 0 Å². The normalized spacial score (nSPS) is 10.7. The van der Waals surface area contributed by atoms with E-state index in [1.807, 2.05) is 30.3 Å². The molecule has 0 aliphatic heterocycles. The molecule has 0 saturated heterocycles. The topological polar surface area (TPSA) is 104 Å². The van der Waals surface area contributed by atoms with Crippen LogP contribution in [-0.2, 0) is 0 Å². The van der Waals surface area contributed by atoms with E-state index in [2.05, 4.69) is 20.8 Å². The molecule has 0 unspecified atom stereocenters. The second-order valence-corrected chi connectivity index (χ2v) is 6.52. The van der Waals surface area contributed by atoms with Gasteiger partial charge in [-0.1, -0.05) is 18.2 Å². The van der Waals surface area contributed by atoms with Gasteiger partial charge in [0.25, 0.3) is 5.56 Å². The molecule has 0 atom stereocenters. The van der Waals surface area contributed by atoms with Crippen molar-refractivity contribution in [1.29, 1.82) is 0 Å². The van der Waals surface area contributed by atoms with Crippen LogP contribution in [0.3, 0.4) is 0 Å². The number of hydrogen-bond donors (Lipinski definition) is 4. The number of hydrazone groups is 1. The lowest BCUT2D eigenvalue weighted by Crippen LogP contribution is -2.25. The predicted molar refractivity (Wildman–Crippen MR) is 119 cm³/mol. The van der Waals surface area contributed by atoms with Crippen molar-refractivity contribution in [1.82, 2.24) is 15.0 Å². The van der Waals surface area contributed by atoms with Gasteiger partial charge in [0.15, 0.2) is 9.88 Å². The number of hydrogen-bond acceptors (Lipinski definition) is 6. The molecule has 8 nitrogen and oxygen atoms in total. The van der Waals surface area contributed by atoms with E-state index in [-0.39, 0.29) is 21.3 Å². The lowest BCUT2D eigenvalue weighted by atomic mass is 10.2. The number of methoxy groups -OCH3 is 1. The molecule has 0 radical (unpaired) electrons. The van der Waals surface area contributed by atoms with Gasteiger partial charge in [-0.25, -0.2) is 0 Å². The van der Waals surface area contributed by atoms with Crippen LogP contribution in [0.5, 0.6) is 11.6 Å². The highest BCUT2D eigenvalue weighted by molar-refractivity contribution is 7.80. The highest BCUT2D eigenvalue weighted by Crippen LogP contribution is 2.21. The number of nitrogens with zero attached hydrogens (tertiary/aromatic N) is 2. The highest BCUT2D eigenvalue weighted by atomic mass is 32.1. The van der Waals surface area contributed by atoms with E-state index < -0.39 is 5.56 Å². The Balaban J connectivity index is 1.83. The second-order valence-electron chi connectivity index (χ2n) is 5.72. The number of aromatic hydroxyl groups is 1. The van der Waals surface area contributed by atoms with Crippen molar-refractivity contribution in [2.24, 2.45) is 5.10 Å². The van der Waals surface area contributed by atoms with Crippen LogP contribution >= 0.6 is 24.4 Å². The van der Waals surface area contributed by atoms with Crippen molar-refractivity contribution < 1.29 is 9.84 Å². The zero-order valence-electron chi connectivity index (χ0n) is 15.2. The maximum absolute atomic E-state index is 12.2. The third-order valence-corrected chi connectivity index (χ3v) is 4.32. The molecule has 1 aromatic heterocycles. The minimum atomic E-state index is -0.579. The third kappa shape index (κ3) is 4.86. The molecule has 3 rings (SSSR count). The van der Waals surface area contributed by atoms with E-state index in [9.17, 15) is 9.90 Å². The Hall–Kier alpha value is -3.50. The number of ether oxygens (including phenoxy) is 1. The predicted octanol–water partition coefficient (Wildman–Crippen LogP) is 2.93. The maximum Gasteiger partial charge on any atom is 0.264 e. The van der Waals surface area contributed by atoms with Crippen LogP contribution in [0.4, 0.5) is 5.69 Å². The van der Waals surface area contributed by atoms with Crippen LogP contribution in [0, 0.1) is 4.77 Å². The first-order chi connectivity index (χ1) is 14.0. The van der Waals surface area contributed by atoms with Gasteiger partial charge in [-0.2, -0.15) is 5.10 Å². The van der Waals surface area contributed by atoms with Crippen LogP contribution in [0.25, 0.3) is 5.69 Å². The fourth-order valence-corrected chi connectivity index (χ4v) is 2.92. The van der Waals surface area contributed by atoms with Gasteiger partial charge in [0.2, 0.25) is 5.88 Å². The SMILES string of the molecule is COc1ccc(-n2c(O)c(/C=N/NC(=S)Nc3ccccc3)c(=O)[nH]c2=S)cc1. The molecular weight excluding hydrogens is 410 g/mol. The molecule has 0 amide bonds. The number of aromatic amines is 1. The molecule has 0 aliphatic rings. The summed E-state index contributed by atoms with van der Waals surface area (Å²) >= 11 is 10.3. The molecule has 0 bridgehead atoms. The van der Waals surface area contributed by atoms with Crippen LogP contribution in [-0.4, -0.2) is 33.1 Å².